The van der Waals surface area contributed by atoms with Gasteiger partial charge in [0.1, 0.15) is 0 Å². The molecule has 0 aliphatic rings. The van der Waals surface area contributed by atoms with E-state index in [-0.39, 0.29) is 5.91 Å². The number of benzene rings is 1. The summed E-state index contributed by atoms with van der Waals surface area (Å²) in [7, 11) is 0. The number of thioether (sulfide) groups is 1. The number of nitrogens with two attached hydrogens (primary N) is 1. The van der Waals surface area contributed by atoms with E-state index in [9.17, 15) is 4.79 Å². The third-order valence-corrected chi connectivity index (χ3v) is 3.86. The maximum atomic E-state index is 11.7. The van der Waals surface area contributed by atoms with Crippen molar-refractivity contribution >= 4 is 23.4 Å². The monoisotopic (exact) mass is 266 g/mol. The smallest absolute Gasteiger partial charge is 0.234 e. The Morgan fingerprint density at radius 1 is 1.39 bits per heavy atom. The highest BCUT2D eigenvalue weighted by Gasteiger charge is 2.07. The molecule has 0 aliphatic carbocycles. The van der Waals surface area contributed by atoms with Crippen molar-refractivity contribution in [3.63, 3.8) is 0 Å². The van der Waals surface area contributed by atoms with Crippen LogP contribution >= 0.6 is 11.8 Å². The minimum atomic E-state index is 0.0289. The van der Waals surface area contributed by atoms with Crippen LogP contribution in [0.3, 0.4) is 0 Å². The Balaban J connectivity index is 2.51. The lowest BCUT2D eigenvalue weighted by Gasteiger charge is -2.11. The summed E-state index contributed by atoms with van der Waals surface area (Å²) in [6.45, 7) is 6.90. The molecule has 3 N–H and O–H groups in total. The van der Waals surface area contributed by atoms with Gasteiger partial charge in [0.05, 0.1) is 5.75 Å². The summed E-state index contributed by atoms with van der Waals surface area (Å²) in [6, 6.07) is 7.99. The first kappa shape index (κ1) is 15.1. The number of carbonyl (C=O) groups excluding carboxylic acids is 1. The van der Waals surface area contributed by atoms with E-state index >= 15 is 0 Å². The van der Waals surface area contributed by atoms with Crippen LogP contribution in [0.1, 0.15) is 32.3 Å². The molecule has 0 aromatic heterocycles. The highest BCUT2D eigenvalue weighted by atomic mass is 32.2. The number of hydrogen-bond donors (Lipinski definition) is 2. The molecule has 100 valence electrons. The third-order valence-electron chi connectivity index (χ3n) is 2.67. The number of rotatable bonds is 6. The van der Waals surface area contributed by atoms with Crippen LogP contribution in [0.25, 0.3) is 0 Å². The lowest BCUT2D eigenvalue weighted by atomic mass is 10.0. The Kier molecular flexibility index (Phi) is 6.22. The van der Waals surface area contributed by atoms with E-state index in [1.807, 2.05) is 25.1 Å². The molecule has 0 fully saturated rings. The molecule has 1 atom stereocenters. The second-order valence-electron chi connectivity index (χ2n) is 4.69. The fourth-order valence-electron chi connectivity index (χ4n) is 1.46. The zero-order chi connectivity index (χ0) is 13.5. The molecule has 0 radical (unpaired) electrons. The highest BCUT2D eigenvalue weighted by Crippen LogP contribution is 2.19. The van der Waals surface area contributed by atoms with Crippen LogP contribution in [0, 0.1) is 0 Å². The Morgan fingerprint density at radius 2 is 2.11 bits per heavy atom. The van der Waals surface area contributed by atoms with E-state index in [2.05, 4.69) is 25.2 Å². The summed E-state index contributed by atoms with van der Waals surface area (Å²) in [5, 5.41) is 3.23. The Morgan fingerprint density at radius 3 is 2.72 bits per heavy atom. The SMILES string of the molecule is CC(CN)SCC(=O)Nc1cccc(C(C)C)c1. The Hall–Kier alpha value is -1.00. The van der Waals surface area contributed by atoms with Crippen LogP contribution in [-0.4, -0.2) is 23.5 Å². The largest absolute Gasteiger partial charge is 0.329 e. The quantitative estimate of drug-likeness (QED) is 0.832. The summed E-state index contributed by atoms with van der Waals surface area (Å²) >= 11 is 1.58. The van der Waals surface area contributed by atoms with Gasteiger partial charge in [-0.05, 0) is 23.6 Å². The normalized spacial score (nSPS) is 12.5. The average Bonchev–Trinajstić information content (AvgIpc) is 2.36. The van der Waals surface area contributed by atoms with Crippen molar-refractivity contribution in [1.29, 1.82) is 0 Å². The first-order valence-corrected chi connectivity index (χ1v) is 7.29. The molecule has 0 aliphatic heterocycles. The van der Waals surface area contributed by atoms with Gasteiger partial charge in [0.15, 0.2) is 0 Å². The van der Waals surface area contributed by atoms with E-state index < -0.39 is 0 Å². The van der Waals surface area contributed by atoms with Gasteiger partial charge in [-0.15, -0.1) is 11.8 Å². The van der Waals surface area contributed by atoms with Crippen molar-refractivity contribution in [2.24, 2.45) is 5.73 Å². The van der Waals surface area contributed by atoms with Crippen molar-refractivity contribution in [3.8, 4) is 0 Å². The van der Waals surface area contributed by atoms with Crippen molar-refractivity contribution in [1.82, 2.24) is 0 Å². The lowest BCUT2D eigenvalue weighted by molar-refractivity contribution is -0.113. The summed E-state index contributed by atoms with van der Waals surface area (Å²) < 4.78 is 0. The Labute approximate surface area is 114 Å². The predicted octanol–water partition coefficient (Wildman–Crippen LogP) is 2.83. The van der Waals surface area contributed by atoms with Crippen LogP contribution in [-0.2, 0) is 4.79 Å². The van der Waals surface area contributed by atoms with Gasteiger partial charge < -0.3 is 11.1 Å². The van der Waals surface area contributed by atoms with Gasteiger partial charge in [0.25, 0.3) is 0 Å². The van der Waals surface area contributed by atoms with Crippen LogP contribution in [0.4, 0.5) is 5.69 Å². The molecule has 4 heteroatoms. The van der Waals surface area contributed by atoms with Gasteiger partial charge in [-0.1, -0.05) is 32.9 Å². The molecule has 0 bridgehead atoms. The van der Waals surface area contributed by atoms with Crippen LogP contribution in [0.15, 0.2) is 24.3 Å². The average molecular weight is 266 g/mol. The van der Waals surface area contributed by atoms with Gasteiger partial charge in [0.2, 0.25) is 5.91 Å². The zero-order valence-corrected chi connectivity index (χ0v) is 12.1. The summed E-state index contributed by atoms with van der Waals surface area (Å²) in [5.74, 6) is 0.944. The topological polar surface area (TPSA) is 55.1 Å². The van der Waals surface area contributed by atoms with Gasteiger partial charge in [0, 0.05) is 17.5 Å². The van der Waals surface area contributed by atoms with Gasteiger partial charge in [-0.3, -0.25) is 4.79 Å². The Bertz CT molecular complexity index is 393. The molecular weight excluding hydrogens is 244 g/mol. The fraction of sp³-hybridized carbons (Fsp3) is 0.500. The number of amides is 1. The molecule has 0 spiro atoms. The van der Waals surface area contributed by atoms with Crippen LogP contribution < -0.4 is 11.1 Å². The van der Waals surface area contributed by atoms with Crippen molar-refractivity contribution in [2.75, 3.05) is 17.6 Å². The number of carbonyl (C=O) groups is 1. The predicted molar refractivity (Wildman–Crippen MR) is 80.1 cm³/mol. The first-order valence-electron chi connectivity index (χ1n) is 6.24. The third kappa shape index (κ3) is 5.10. The van der Waals surface area contributed by atoms with Crippen molar-refractivity contribution in [3.05, 3.63) is 29.8 Å². The number of hydrogen-bond acceptors (Lipinski definition) is 3. The second-order valence-corrected chi connectivity index (χ2v) is 6.11. The first-order chi connectivity index (χ1) is 8.52. The van der Waals surface area contributed by atoms with Gasteiger partial charge in [-0.2, -0.15) is 0 Å². The molecule has 0 heterocycles. The van der Waals surface area contributed by atoms with E-state index in [1.54, 1.807) is 11.8 Å². The minimum absolute atomic E-state index is 0.0289. The molecule has 1 aromatic carbocycles. The molecule has 1 rings (SSSR count). The summed E-state index contributed by atoms with van der Waals surface area (Å²) in [6.07, 6.45) is 0. The maximum Gasteiger partial charge on any atom is 0.234 e. The lowest BCUT2D eigenvalue weighted by Crippen LogP contribution is -2.19. The van der Waals surface area contributed by atoms with Gasteiger partial charge >= 0.3 is 0 Å². The molecular formula is C14H22N2OS. The molecule has 18 heavy (non-hydrogen) atoms. The maximum absolute atomic E-state index is 11.7. The fourth-order valence-corrected chi connectivity index (χ4v) is 2.10. The molecule has 1 aromatic rings. The molecule has 3 nitrogen and oxygen atoms in total. The minimum Gasteiger partial charge on any atom is -0.329 e. The molecule has 1 unspecified atom stereocenters. The van der Waals surface area contributed by atoms with Crippen molar-refractivity contribution < 1.29 is 4.79 Å². The molecule has 0 saturated carbocycles. The van der Waals surface area contributed by atoms with E-state index in [4.69, 9.17) is 5.73 Å². The second kappa shape index (κ2) is 7.44. The van der Waals surface area contributed by atoms with Gasteiger partial charge in [-0.25, -0.2) is 0 Å². The number of anilines is 1. The van der Waals surface area contributed by atoms with Crippen LogP contribution in [0.2, 0.25) is 0 Å². The van der Waals surface area contributed by atoms with Crippen LogP contribution in [0.5, 0.6) is 0 Å². The van der Waals surface area contributed by atoms with E-state index in [1.165, 1.54) is 5.56 Å². The van der Waals surface area contributed by atoms with E-state index in [0.29, 0.717) is 23.5 Å². The highest BCUT2D eigenvalue weighted by molar-refractivity contribution is 8.00. The zero-order valence-electron chi connectivity index (χ0n) is 11.3. The molecule has 1 amide bonds. The summed E-state index contributed by atoms with van der Waals surface area (Å²) in [5.41, 5.74) is 7.61. The standard InChI is InChI=1S/C14H22N2OS/c1-10(2)12-5-4-6-13(7-12)16-14(17)9-18-11(3)8-15/h4-7,10-11H,8-9,15H2,1-3H3,(H,16,17). The number of nitrogens with one attached hydrogen (secondary N) is 1. The molecule has 0 saturated heterocycles. The van der Waals surface area contributed by atoms with Crippen molar-refractivity contribution in [2.45, 2.75) is 31.9 Å². The summed E-state index contributed by atoms with van der Waals surface area (Å²) in [4.78, 5) is 11.7. The van der Waals surface area contributed by atoms with E-state index in [0.717, 1.165) is 5.69 Å².